The third kappa shape index (κ3) is 4.29. The van der Waals surface area contributed by atoms with Gasteiger partial charge in [-0.2, -0.15) is 0 Å². The van der Waals surface area contributed by atoms with Gasteiger partial charge in [0.05, 0.1) is 21.8 Å². The predicted molar refractivity (Wildman–Crippen MR) is 89.2 cm³/mol. The Morgan fingerprint density at radius 3 is 3.00 bits per heavy atom. The molecule has 2 aromatic rings. The molecule has 5 nitrogen and oxygen atoms in total. The number of rotatable bonds is 6. The maximum absolute atomic E-state index is 11.7. The lowest BCUT2D eigenvalue weighted by atomic mass is 10.3. The van der Waals surface area contributed by atoms with Crippen molar-refractivity contribution in [3.05, 3.63) is 40.9 Å². The summed E-state index contributed by atoms with van der Waals surface area (Å²) < 4.78 is 1.07. The van der Waals surface area contributed by atoms with Crippen LogP contribution in [0.25, 0.3) is 10.2 Å². The SMILES string of the molecule is C=CC(=O)N(C)CC(=O)NCCc1nc2cc(Cl)ccc2s1. The van der Waals surface area contributed by atoms with Gasteiger partial charge in [-0.1, -0.05) is 18.2 Å². The monoisotopic (exact) mass is 337 g/mol. The van der Waals surface area contributed by atoms with Crippen molar-refractivity contribution in [2.24, 2.45) is 0 Å². The number of nitrogens with zero attached hydrogens (tertiary/aromatic N) is 2. The minimum absolute atomic E-state index is 0.0142. The molecule has 116 valence electrons. The van der Waals surface area contributed by atoms with Crippen LogP contribution in [0.5, 0.6) is 0 Å². The third-order valence-electron chi connectivity index (χ3n) is 2.99. The summed E-state index contributed by atoms with van der Waals surface area (Å²) in [4.78, 5) is 28.8. The maximum atomic E-state index is 11.7. The van der Waals surface area contributed by atoms with Gasteiger partial charge in [-0.05, 0) is 24.3 Å². The van der Waals surface area contributed by atoms with E-state index >= 15 is 0 Å². The quantitative estimate of drug-likeness (QED) is 0.822. The Kier molecular flexibility index (Phi) is 5.51. The van der Waals surface area contributed by atoms with Gasteiger partial charge < -0.3 is 10.2 Å². The van der Waals surface area contributed by atoms with E-state index in [9.17, 15) is 9.59 Å². The maximum Gasteiger partial charge on any atom is 0.246 e. The number of hydrogen-bond acceptors (Lipinski definition) is 4. The molecule has 22 heavy (non-hydrogen) atoms. The fourth-order valence-corrected chi connectivity index (χ4v) is 2.98. The summed E-state index contributed by atoms with van der Waals surface area (Å²) in [6.07, 6.45) is 1.82. The van der Waals surface area contributed by atoms with E-state index in [0.29, 0.717) is 18.0 Å². The molecule has 0 saturated carbocycles. The van der Waals surface area contributed by atoms with Crippen LogP contribution >= 0.6 is 22.9 Å². The molecule has 0 radical (unpaired) electrons. The summed E-state index contributed by atoms with van der Waals surface area (Å²) in [5.41, 5.74) is 0.870. The predicted octanol–water partition coefficient (Wildman–Crippen LogP) is 2.25. The second-order valence-corrected chi connectivity index (χ2v) is 6.27. The van der Waals surface area contributed by atoms with Crippen molar-refractivity contribution >= 4 is 45.0 Å². The summed E-state index contributed by atoms with van der Waals surface area (Å²) in [5.74, 6) is -0.486. The Labute approximate surface area is 137 Å². The van der Waals surface area contributed by atoms with Crippen LogP contribution in [0.1, 0.15) is 5.01 Å². The minimum atomic E-state index is -0.279. The van der Waals surface area contributed by atoms with Crippen LogP contribution in [0.15, 0.2) is 30.9 Å². The zero-order chi connectivity index (χ0) is 16.1. The van der Waals surface area contributed by atoms with Gasteiger partial charge in [0.2, 0.25) is 11.8 Å². The van der Waals surface area contributed by atoms with Gasteiger partial charge in [-0.15, -0.1) is 11.3 Å². The molecule has 1 aromatic carbocycles. The van der Waals surface area contributed by atoms with E-state index in [0.717, 1.165) is 15.2 Å². The molecule has 0 unspecified atom stereocenters. The molecule has 1 heterocycles. The van der Waals surface area contributed by atoms with E-state index in [1.807, 2.05) is 18.2 Å². The van der Waals surface area contributed by atoms with Crippen LogP contribution in [-0.2, 0) is 16.0 Å². The number of carbonyl (C=O) groups is 2. The van der Waals surface area contributed by atoms with Gasteiger partial charge in [0.15, 0.2) is 0 Å². The Morgan fingerprint density at radius 2 is 2.27 bits per heavy atom. The van der Waals surface area contributed by atoms with Crippen LogP contribution in [0, 0.1) is 0 Å². The van der Waals surface area contributed by atoms with Gasteiger partial charge in [0.1, 0.15) is 0 Å². The summed E-state index contributed by atoms with van der Waals surface area (Å²) in [6.45, 7) is 3.87. The number of aromatic nitrogens is 1. The van der Waals surface area contributed by atoms with Gasteiger partial charge >= 0.3 is 0 Å². The lowest BCUT2D eigenvalue weighted by molar-refractivity contribution is -0.131. The van der Waals surface area contributed by atoms with Crippen LogP contribution in [0.4, 0.5) is 0 Å². The molecule has 0 aliphatic heterocycles. The first-order chi connectivity index (χ1) is 10.5. The average Bonchev–Trinajstić information content (AvgIpc) is 2.87. The number of fused-ring (bicyclic) bond motifs is 1. The van der Waals surface area contributed by atoms with Crippen molar-refractivity contribution in [3.8, 4) is 0 Å². The van der Waals surface area contributed by atoms with Crippen molar-refractivity contribution < 1.29 is 9.59 Å². The molecule has 1 aromatic heterocycles. The topological polar surface area (TPSA) is 62.3 Å². The second-order valence-electron chi connectivity index (χ2n) is 4.72. The lowest BCUT2D eigenvalue weighted by Crippen LogP contribution is -2.38. The summed E-state index contributed by atoms with van der Waals surface area (Å²) >= 11 is 7.51. The van der Waals surface area contributed by atoms with E-state index in [4.69, 9.17) is 11.6 Å². The van der Waals surface area contributed by atoms with E-state index in [2.05, 4.69) is 16.9 Å². The highest BCUT2D eigenvalue weighted by Crippen LogP contribution is 2.24. The fourth-order valence-electron chi connectivity index (χ4n) is 1.87. The zero-order valence-corrected chi connectivity index (χ0v) is 13.7. The molecular weight excluding hydrogens is 322 g/mol. The highest BCUT2D eigenvalue weighted by Gasteiger charge is 2.10. The molecule has 0 spiro atoms. The van der Waals surface area contributed by atoms with E-state index in [1.54, 1.807) is 18.4 Å². The second kappa shape index (κ2) is 7.38. The van der Waals surface area contributed by atoms with Crippen molar-refractivity contribution in [2.45, 2.75) is 6.42 Å². The van der Waals surface area contributed by atoms with Gasteiger partial charge in [0, 0.05) is 25.0 Å². The van der Waals surface area contributed by atoms with Crippen molar-refractivity contribution in [1.82, 2.24) is 15.2 Å². The average molecular weight is 338 g/mol. The Balaban J connectivity index is 1.83. The summed E-state index contributed by atoms with van der Waals surface area (Å²) in [5, 5.41) is 4.37. The van der Waals surface area contributed by atoms with E-state index in [-0.39, 0.29) is 18.4 Å². The molecule has 7 heteroatoms. The third-order valence-corrected chi connectivity index (χ3v) is 4.32. The van der Waals surface area contributed by atoms with Crippen molar-refractivity contribution in [3.63, 3.8) is 0 Å². The number of nitrogens with one attached hydrogen (secondary N) is 1. The Bertz CT molecular complexity index is 714. The molecule has 0 saturated heterocycles. The number of thiazole rings is 1. The first-order valence-corrected chi connectivity index (χ1v) is 7.88. The summed E-state index contributed by atoms with van der Waals surface area (Å²) in [6, 6.07) is 5.60. The molecule has 2 amide bonds. The molecule has 0 bridgehead atoms. The van der Waals surface area contributed by atoms with Crippen LogP contribution in [-0.4, -0.2) is 41.8 Å². The number of amides is 2. The number of likely N-dealkylation sites (N-methyl/N-ethyl adjacent to an activating group) is 1. The standard InChI is InChI=1S/C15H16ClN3O2S/c1-3-15(21)19(2)9-13(20)17-7-6-14-18-11-8-10(16)4-5-12(11)22-14/h3-5,8H,1,6-7,9H2,2H3,(H,17,20). The van der Waals surface area contributed by atoms with Crippen LogP contribution in [0.3, 0.4) is 0 Å². The highest BCUT2D eigenvalue weighted by atomic mass is 35.5. The van der Waals surface area contributed by atoms with Gasteiger partial charge in [-0.25, -0.2) is 4.98 Å². The van der Waals surface area contributed by atoms with E-state index < -0.39 is 0 Å². The lowest BCUT2D eigenvalue weighted by Gasteiger charge is -2.14. The zero-order valence-electron chi connectivity index (χ0n) is 12.1. The van der Waals surface area contributed by atoms with Gasteiger partial charge in [-0.3, -0.25) is 9.59 Å². The highest BCUT2D eigenvalue weighted by molar-refractivity contribution is 7.18. The van der Waals surface area contributed by atoms with Crippen molar-refractivity contribution in [1.29, 1.82) is 0 Å². The number of hydrogen-bond donors (Lipinski definition) is 1. The van der Waals surface area contributed by atoms with Crippen LogP contribution in [0.2, 0.25) is 5.02 Å². The Morgan fingerprint density at radius 1 is 1.50 bits per heavy atom. The molecule has 0 aliphatic carbocycles. The molecule has 1 N–H and O–H groups in total. The Hall–Kier alpha value is -1.92. The molecule has 0 atom stereocenters. The minimum Gasteiger partial charge on any atom is -0.354 e. The smallest absolute Gasteiger partial charge is 0.246 e. The normalized spacial score (nSPS) is 10.5. The number of benzene rings is 1. The first kappa shape index (κ1) is 16.5. The van der Waals surface area contributed by atoms with Crippen molar-refractivity contribution in [2.75, 3.05) is 20.1 Å². The molecule has 0 fully saturated rings. The first-order valence-electron chi connectivity index (χ1n) is 6.69. The largest absolute Gasteiger partial charge is 0.354 e. The molecule has 2 rings (SSSR count). The number of carbonyl (C=O) groups excluding carboxylic acids is 2. The molecular formula is C15H16ClN3O2S. The number of halogens is 1. The van der Waals surface area contributed by atoms with Crippen LogP contribution < -0.4 is 5.32 Å². The summed E-state index contributed by atoms with van der Waals surface area (Å²) in [7, 11) is 1.56. The molecule has 0 aliphatic rings. The fraction of sp³-hybridized carbons (Fsp3) is 0.267. The van der Waals surface area contributed by atoms with E-state index in [1.165, 1.54) is 11.0 Å². The van der Waals surface area contributed by atoms with Gasteiger partial charge in [0.25, 0.3) is 0 Å².